The van der Waals surface area contributed by atoms with Gasteiger partial charge in [0.2, 0.25) is 5.91 Å². The summed E-state index contributed by atoms with van der Waals surface area (Å²) in [6.45, 7) is 0.796. The minimum Gasteiger partial charge on any atom is -0.382 e. The molecule has 1 heterocycles. The van der Waals surface area contributed by atoms with Gasteiger partial charge in [0.05, 0.1) is 11.7 Å². The number of primary amides is 1. The van der Waals surface area contributed by atoms with E-state index in [4.69, 9.17) is 10.5 Å². The Hall–Kier alpha value is -1.55. The van der Waals surface area contributed by atoms with Crippen LogP contribution < -0.4 is 11.1 Å². The molecule has 1 aromatic carbocycles. The van der Waals surface area contributed by atoms with Crippen LogP contribution in [0.4, 0.5) is 5.69 Å². The summed E-state index contributed by atoms with van der Waals surface area (Å²) in [6, 6.07) is 7.32. The molecule has 1 unspecified atom stereocenters. The SMILES string of the molecule is NC(=O)c1cccc(NCC2CCC3(CCCC3)O2)c1. The van der Waals surface area contributed by atoms with Crippen molar-refractivity contribution in [2.75, 3.05) is 11.9 Å². The van der Waals surface area contributed by atoms with E-state index < -0.39 is 5.91 Å². The Labute approximate surface area is 119 Å². The Morgan fingerprint density at radius 2 is 2.15 bits per heavy atom. The Balaban J connectivity index is 1.55. The first-order chi connectivity index (χ1) is 9.67. The maximum atomic E-state index is 11.2. The fourth-order valence-corrected chi connectivity index (χ4v) is 3.44. The highest BCUT2D eigenvalue weighted by atomic mass is 16.5. The van der Waals surface area contributed by atoms with Crippen molar-refractivity contribution in [1.29, 1.82) is 0 Å². The van der Waals surface area contributed by atoms with Crippen molar-refractivity contribution < 1.29 is 9.53 Å². The number of anilines is 1. The number of hydrogen-bond donors (Lipinski definition) is 2. The quantitative estimate of drug-likeness (QED) is 0.887. The number of hydrogen-bond acceptors (Lipinski definition) is 3. The molecular weight excluding hydrogens is 252 g/mol. The molecule has 4 nitrogen and oxygen atoms in total. The van der Waals surface area contributed by atoms with Crippen molar-refractivity contribution in [3.8, 4) is 0 Å². The molecule has 4 heteroatoms. The van der Waals surface area contributed by atoms with Gasteiger partial charge < -0.3 is 15.8 Å². The van der Waals surface area contributed by atoms with Crippen LogP contribution in [0.2, 0.25) is 0 Å². The second-order valence-corrected chi connectivity index (χ2v) is 5.99. The predicted octanol–water partition coefficient (Wildman–Crippen LogP) is 2.69. The molecule has 3 rings (SSSR count). The van der Waals surface area contributed by atoms with Crippen LogP contribution in [-0.4, -0.2) is 24.2 Å². The van der Waals surface area contributed by atoms with Crippen molar-refractivity contribution in [1.82, 2.24) is 0 Å². The number of nitrogens with one attached hydrogen (secondary N) is 1. The molecule has 3 N–H and O–H groups in total. The lowest BCUT2D eigenvalue weighted by molar-refractivity contribution is -0.0307. The van der Waals surface area contributed by atoms with Crippen LogP contribution in [0.1, 0.15) is 48.9 Å². The molecule has 20 heavy (non-hydrogen) atoms. The lowest BCUT2D eigenvalue weighted by Gasteiger charge is -2.24. The van der Waals surface area contributed by atoms with Crippen LogP contribution in [-0.2, 0) is 4.74 Å². The number of amides is 1. The van der Waals surface area contributed by atoms with Crippen molar-refractivity contribution in [3.05, 3.63) is 29.8 Å². The van der Waals surface area contributed by atoms with E-state index in [0.717, 1.165) is 18.7 Å². The minimum absolute atomic E-state index is 0.182. The fraction of sp³-hybridized carbons (Fsp3) is 0.562. The Morgan fingerprint density at radius 1 is 1.35 bits per heavy atom. The third kappa shape index (κ3) is 2.80. The summed E-state index contributed by atoms with van der Waals surface area (Å²) in [5, 5.41) is 3.36. The van der Waals surface area contributed by atoms with Gasteiger partial charge in [0.1, 0.15) is 0 Å². The molecule has 0 aromatic heterocycles. The first-order valence-corrected chi connectivity index (χ1v) is 7.48. The van der Waals surface area contributed by atoms with Gasteiger partial charge in [-0.1, -0.05) is 18.9 Å². The molecule has 1 aliphatic carbocycles. The molecule has 1 spiro atoms. The van der Waals surface area contributed by atoms with Gasteiger partial charge >= 0.3 is 0 Å². The normalized spacial score (nSPS) is 24.1. The van der Waals surface area contributed by atoms with Crippen LogP contribution in [0.5, 0.6) is 0 Å². The summed E-state index contributed by atoms with van der Waals surface area (Å²) in [6.07, 6.45) is 7.66. The molecule has 108 valence electrons. The fourth-order valence-electron chi connectivity index (χ4n) is 3.44. The highest BCUT2D eigenvalue weighted by Gasteiger charge is 2.41. The molecular formula is C16H22N2O2. The highest BCUT2D eigenvalue weighted by molar-refractivity contribution is 5.93. The van der Waals surface area contributed by atoms with Crippen LogP contribution in [0, 0.1) is 0 Å². The second-order valence-electron chi connectivity index (χ2n) is 5.99. The summed E-state index contributed by atoms with van der Waals surface area (Å²) in [5.74, 6) is -0.393. The summed E-state index contributed by atoms with van der Waals surface area (Å²) in [5.41, 5.74) is 6.93. The van der Waals surface area contributed by atoms with Gasteiger partial charge in [0, 0.05) is 17.8 Å². The van der Waals surface area contributed by atoms with Crippen LogP contribution in [0.3, 0.4) is 0 Å². The average molecular weight is 274 g/mol. The van der Waals surface area contributed by atoms with E-state index in [1.54, 1.807) is 12.1 Å². The number of carbonyl (C=O) groups is 1. The van der Waals surface area contributed by atoms with Crippen LogP contribution >= 0.6 is 0 Å². The molecule has 1 aromatic rings. The summed E-state index contributed by atoms with van der Waals surface area (Å²) in [7, 11) is 0. The van der Waals surface area contributed by atoms with E-state index in [1.807, 2.05) is 12.1 Å². The summed E-state index contributed by atoms with van der Waals surface area (Å²) >= 11 is 0. The molecule has 0 bridgehead atoms. The number of ether oxygens (including phenoxy) is 1. The van der Waals surface area contributed by atoms with Crippen LogP contribution in [0.25, 0.3) is 0 Å². The maximum Gasteiger partial charge on any atom is 0.248 e. The average Bonchev–Trinajstić information content (AvgIpc) is 3.08. The molecule has 0 radical (unpaired) electrons. The largest absolute Gasteiger partial charge is 0.382 e. The van der Waals surface area contributed by atoms with Gasteiger partial charge in [0.25, 0.3) is 0 Å². The van der Waals surface area contributed by atoms with Gasteiger partial charge in [0.15, 0.2) is 0 Å². The molecule has 1 saturated heterocycles. The first kappa shape index (κ1) is 13.4. The monoisotopic (exact) mass is 274 g/mol. The maximum absolute atomic E-state index is 11.2. The molecule has 2 fully saturated rings. The third-order valence-electron chi connectivity index (χ3n) is 4.53. The first-order valence-electron chi connectivity index (χ1n) is 7.48. The molecule has 1 atom stereocenters. The van der Waals surface area contributed by atoms with Gasteiger partial charge in [-0.05, 0) is 43.9 Å². The zero-order valence-electron chi connectivity index (χ0n) is 11.7. The molecule has 2 aliphatic rings. The second kappa shape index (κ2) is 5.44. The lowest BCUT2D eigenvalue weighted by Crippen LogP contribution is -2.27. The van der Waals surface area contributed by atoms with Gasteiger partial charge in [-0.3, -0.25) is 4.79 Å². The molecule has 1 amide bonds. The van der Waals surface area contributed by atoms with E-state index >= 15 is 0 Å². The van der Waals surface area contributed by atoms with Crippen LogP contribution in [0.15, 0.2) is 24.3 Å². The van der Waals surface area contributed by atoms with Gasteiger partial charge in [-0.15, -0.1) is 0 Å². The Bertz CT molecular complexity index is 495. The van der Waals surface area contributed by atoms with Crippen molar-refractivity contribution in [2.24, 2.45) is 5.73 Å². The standard InChI is InChI=1S/C16H22N2O2/c17-15(19)12-4-3-5-13(10-12)18-11-14-6-9-16(20-14)7-1-2-8-16/h3-5,10,14,18H,1-2,6-9,11H2,(H2,17,19). The van der Waals surface area contributed by atoms with E-state index in [0.29, 0.717) is 5.56 Å². The lowest BCUT2D eigenvalue weighted by atomic mass is 9.98. The highest BCUT2D eigenvalue weighted by Crippen LogP contribution is 2.43. The predicted molar refractivity (Wildman–Crippen MR) is 78.8 cm³/mol. The third-order valence-corrected chi connectivity index (χ3v) is 4.53. The number of nitrogens with two attached hydrogens (primary N) is 1. The molecule has 1 aliphatic heterocycles. The van der Waals surface area contributed by atoms with E-state index in [9.17, 15) is 4.79 Å². The van der Waals surface area contributed by atoms with Crippen molar-refractivity contribution >= 4 is 11.6 Å². The Kier molecular flexibility index (Phi) is 3.66. The summed E-state index contributed by atoms with van der Waals surface area (Å²) in [4.78, 5) is 11.2. The van der Waals surface area contributed by atoms with Crippen molar-refractivity contribution in [2.45, 2.75) is 50.2 Å². The zero-order chi connectivity index (χ0) is 14.0. The molecule has 1 saturated carbocycles. The number of carbonyl (C=O) groups excluding carboxylic acids is 1. The minimum atomic E-state index is -0.393. The van der Waals surface area contributed by atoms with Gasteiger partial charge in [-0.25, -0.2) is 0 Å². The number of benzene rings is 1. The zero-order valence-corrected chi connectivity index (χ0v) is 11.7. The topological polar surface area (TPSA) is 64.4 Å². The Morgan fingerprint density at radius 3 is 2.90 bits per heavy atom. The number of rotatable bonds is 4. The van der Waals surface area contributed by atoms with E-state index in [2.05, 4.69) is 5.32 Å². The van der Waals surface area contributed by atoms with Crippen molar-refractivity contribution in [3.63, 3.8) is 0 Å². The smallest absolute Gasteiger partial charge is 0.248 e. The van der Waals surface area contributed by atoms with Gasteiger partial charge in [-0.2, -0.15) is 0 Å². The van der Waals surface area contributed by atoms with E-state index in [-0.39, 0.29) is 11.7 Å². The summed E-state index contributed by atoms with van der Waals surface area (Å²) < 4.78 is 6.26. The van der Waals surface area contributed by atoms with E-state index in [1.165, 1.54) is 32.1 Å².